The zero-order chi connectivity index (χ0) is 9.90. The van der Waals surface area contributed by atoms with Gasteiger partial charge >= 0.3 is 0 Å². The third kappa shape index (κ3) is 3.67. The average molecular weight is 224 g/mol. The Bertz CT molecular complexity index is 287. The van der Waals surface area contributed by atoms with Crippen molar-refractivity contribution < 1.29 is 8.42 Å². The Morgan fingerprint density at radius 1 is 1.62 bits per heavy atom. The van der Waals surface area contributed by atoms with E-state index in [0.717, 1.165) is 31.3 Å². The van der Waals surface area contributed by atoms with Crippen molar-refractivity contribution in [3.05, 3.63) is 11.5 Å². The van der Waals surface area contributed by atoms with E-state index >= 15 is 0 Å². The summed E-state index contributed by atoms with van der Waals surface area (Å²) in [5.74, 6) is 0. The van der Waals surface area contributed by atoms with Crippen LogP contribution in [-0.4, -0.2) is 32.4 Å². The van der Waals surface area contributed by atoms with Crippen LogP contribution in [0.15, 0.2) is 11.5 Å². The number of rotatable bonds is 3. The zero-order valence-corrected chi connectivity index (χ0v) is 9.18. The maximum Gasteiger partial charge on any atom is 0.254 e. The Balaban J connectivity index is 2.58. The number of hydrogen-bond donors (Lipinski definition) is 0. The lowest BCUT2D eigenvalue weighted by Gasteiger charge is -2.18. The van der Waals surface area contributed by atoms with Gasteiger partial charge in [0.2, 0.25) is 0 Å². The second kappa shape index (κ2) is 4.44. The predicted molar refractivity (Wildman–Crippen MR) is 54.2 cm³/mol. The summed E-state index contributed by atoms with van der Waals surface area (Å²) >= 11 is 0. The van der Waals surface area contributed by atoms with E-state index in [1.807, 2.05) is 0 Å². The molecular weight excluding hydrogens is 210 g/mol. The minimum atomic E-state index is -3.48. The van der Waals surface area contributed by atoms with Gasteiger partial charge in [-0.25, -0.2) is 8.42 Å². The van der Waals surface area contributed by atoms with E-state index in [1.165, 1.54) is 0 Å². The van der Waals surface area contributed by atoms with Crippen LogP contribution in [0.4, 0.5) is 0 Å². The molecule has 0 aromatic heterocycles. The first-order valence-corrected chi connectivity index (χ1v) is 6.77. The van der Waals surface area contributed by atoms with E-state index < -0.39 is 9.05 Å². The molecule has 76 valence electrons. The van der Waals surface area contributed by atoms with Crippen molar-refractivity contribution in [2.45, 2.75) is 25.8 Å². The van der Waals surface area contributed by atoms with Crippen molar-refractivity contribution in [1.82, 2.24) is 4.90 Å². The lowest BCUT2D eigenvalue weighted by Crippen LogP contribution is -2.27. The quantitative estimate of drug-likeness (QED) is 0.682. The second-order valence-electron chi connectivity index (χ2n) is 3.14. The first kappa shape index (κ1) is 11.0. The van der Waals surface area contributed by atoms with Crippen LogP contribution in [-0.2, 0) is 9.05 Å². The number of nitrogens with zero attached hydrogens (tertiary/aromatic N) is 1. The van der Waals surface area contributed by atoms with Crippen LogP contribution >= 0.6 is 10.7 Å². The van der Waals surface area contributed by atoms with Gasteiger partial charge < -0.3 is 0 Å². The topological polar surface area (TPSA) is 37.4 Å². The lowest BCUT2D eigenvalue weighted by molar-refractivity contribution is 0.306. The van der Waals surface area contributed by atoms with Gasteiger partial charge in [-0.15, -0.1) is 0 Å². The van der Waals surface area contributed by atoms with Gasteiger partial charge in [0.15, 0.2) is 0 Å². The summed E-state index contributed by atoms with van der Waals surface area (Å²) in [5.41, 5.74) is 0. The SMILES string of the molecule is CCN1CCCC1/C=C\S(=O)(=O)Cl. The molecule has 0 aliphatic carbocycles. The minimum Gasteiger partial charge on any atom is -0.297 e. The normalized spacial score (nSPS) is 25.8. The number of hydrogen-bond acceptors (Lipinski definition) is 3. The van der Waals surface area contributed by atoms with Crippen molar-refractivity contribution in [3.63, 3.8) is 0 Å². The van der Waals surface area contributed by atoms with E-state index in [9.17, 15) is 8.42 Å². The molecule has 13 heavy (non-hydrogen) atoms. The van der Waals surface area contributed by atoms with Crippen LogP contribution in [0, 0.1) is 0 Å². The summed E-state index contributed by atoms with van der Waals surface area (Å²) < 4.78 is 21.3. The molecule has 3 nitrogen and oxygen atoms in total. The Kier molecular flexibility index (Phi) is 3.76. The Morgan fingerprint density at radius 2 is 2.31 bits per heavy atom. The fourth-order valence-electron chi connectivity index (χ4n) is 1.65. The molecule has 0 spiro atoms. The molecule has 0 bridgehead atoms. The molecule has 5 heteroatoms. The molecule has 1 aliphatic rings. The molecule has 1 heterocycles. The van der Waals surface area contributed by atoms with Crippen LogP contribution in [0.3, 0.4) is 0 Å². The summed E-state index contributed by atoms with van der Waals surface area (Å²) in [6.07, 6.45) is 3.83. The summed E-state index contributed by atoms with van der Waals surface area (Å²) in [6, 6.07) is 0.249. The third-order valence-corrected chi connectivity index (χ3v) is 3.07. The molecule has 1 saturated heterocycles. The van der Waals surface area contributed by atoms with Crippen LogP contribution < -0.4 is 0 Å². The van der Waals surface area contributed by atoms with Crippen LogP contribution in [0.5, 0.6) is 0 Å². The number of likely N-dealkylation sites (tertiary alicyclic amines) is 1. The highest BCUT2D eigenvalue weighted by molar-refractivity contribution is 8.16. The summed E-state index contributed by atoms with van der Waals surface area (Å²) in [5, 5.41) is 1.09. The second-order valence-corrected chi connectivity index (χ2v) is 5.66. The van der Waals surface area contributed by atoms with Crippen LogP contribution in [0.25, 0.3) is 0 Å². The molecule has 1 unspecified atom stereocenters. The number of halogens is 1. The fraction of sp³-hybridized carbons (Fsp3) is 0.750. The molecule has 1 fully saturated rings. The van der Waals surface area contributed by atoms with Gasteiger partial charge in [-0.05, 0) is 25.9 Å². The highest BCUT2D eigenvalue weighted by Gasteiger charge is 2.20. The predicted octanol–water partition coefficient (Wildman–Crippen LogP) is 1.55. The van der Waals surface area contributed by atoms with Crippen molar-refractivity contribution in [1.29, 1.82) is 0 Å². The Hall–Kier alpha value is -0.0600. The standard InChI is InChI=1S/C8H14ClNO2S/c1-2-10-6-3-4-8(10)5-7-13(9,11)12/h5,7-8H,2-4,6H2,1H3/b7-5-. The van der Waals surface area contributed by atoms with Gasteiger partial charge in [0.25, 0.3) is 9.05 Å². The summed E-state index contributed by atoms with van der Waals surface area (Å²) in [6.45, 7) is 4.08. The first-order valence-electron chi connectivity index (χ1n) is 4.40. The van der Waals surface area contributed by atoms with E-state index in [-0.39, 0.29) is 6.04 Å². The maximum absolute atomic E-state index is 10.6. The molecule has 1 aliphatic heterocycles. The van der Waals surface area contributed by atoms with Crippen LogP contribution in [0.1, 0.15) is 19.8 Å². The zero-order valence-electron chi connectivity index (χ0n) is 7.61. The van der Waals surface area contributed by atoms with E-state index in [1.54, 1.807) is 6.08 Å². The molecule has 0 amide bonds. The number of likely N-dealkylation sites (N-methyl/N-ethyl adjacent to an activating group) is 1. The third-order valence-electron chi connectivity index (χ3n) is 2.28. The first-order chi connectivity index (χ1) is 6.03. The van der Waals surface area contributed by atoms with E-state index in [4.69, 9.17) is 10.7 Å². The monoisotopic (exact) mass is 223 g/mol. The average Bonchev–Trinajstić information content (AvgIpc) is 2.46. The van der Waals surface area contributed by atoms with Gasteiger partial charge in [0.1, 0.15) is 0 Å². The highest BCUT2D eigenvalue weighted by Crippen LogP contribution is 2.18. The van der Waals surface area contributed by atoms with Crippen molar-refractivity contribution in [2.24, 2.45) is 0 Å². The van der Waals surface area contributed by atoms with Gasteiger partial charge in [-0.3, -0.25) is 4.90 Å². The highest BCUT2D eigenvalue weighted by atomic mass is 35.7. The van der Waals surface area contributed by atoms with Gasteiger partial charge in [0.05, 0.1) is 0 Å². The fourth-order valence-corrected chi connectivity index (χ4v) is 2.19. The molecule has 0 radical (unpaired) electrons. The Morgan fingerprint density at radius 3 is 2.85 bits per heavy atom. The van der Waals surface area contributed by atoms with Gasteiger partial charge in [-0.2, -0.15) is 0 Å². The molecule has 1 atom stereocenters. The van der Waals surface area contributed by atoms with E-state index in [2.05, 4.69) is 11.8 Å². The van der Waals surface area contributed by atoms with Gasteiger partial charge in [-0.1, -0.05) is 13.0 Å². The largest absolute Gasteiger partial charge is 0.297 e. The van der Waals surface area contributed by atoms with Crippen molar-refractivity contribution >= 4 is 19.7 Å². The molecule has 0 aromatic carbocycles. The van der Waals surface area contributed by atoms with E-state index in [0.29, 0.717) is 0 Å². The summed E-state index contributed by atoms with van der Waals surface area (Å²) in [7, 11) is 1.59. The minimum absolute atomic E-state index is 0.249. The van der Waals surface area contributed by atoms with Crippen molar-refractivity contribution in [3.8, 4) is 0 Å². The maximum atomic E-state index is 10.6. The van der Waals surface area contributed by atoms with Gasteiger partial charge in [0, 0.05) is 22.1 Å². The van der Waals surface area contributed by atoms with Crippen molar-refractivity contribution in [2.75, 3.05) is 13.1 Å². The molecule has 1 rings (SSSR count). The molecular formula is C8H14ClNO2S. The molecule has 0 saturated carbocycles. The summed E-state index contributed by atoms with van der Waals surface area (Å²) in [4.78, 5) is 2.23. The van der Waals surface area contributed by atoms with Crippen LogP contribution in [0.2, 0.25) is 0 Å². The molecule has 0 N–H and O–H groups in total. The smallest absolute Gasteiger partial charge is 0.254 e. The Labute approximate surface area is 83.8 Å². The lowest BCUT2D eigenvalue weighted by atomic mass is 10.2. The molecule has 0 aromatic rings.